The number of carbonyl (C=O) groups is 2. The molecular formula is C14H17ClN2O5S. The Morgan fingerprint density at radius 2 is 1.83 bits per heavy atom. The van der Waals surface area contributed by atoms with Gasteiger partial charge in [-0.3, -0.25) is 4.79 Å². The van der Waals surface area contributed by atoms with Crippen LogP contribution in [-0.2, 0) is 10.0 Å². The monoisotopic (exact) mass is 360 g/mol. The van der Waals surface area contributed by atoms with E-state index in [1.54, 1.807) is 21.0 Å². The molecule has 0 unspecified atom stereocenters. The third kappa shape index (κ3) is 3.28. The summed E-state index contributed by atoms with van der Waals surface area (Å²) in [5.74, 6) is -2.07. The van der Waals surface area contributed by atoms with Crippen molar-refractivity contribution in [3.05, 3.63) is 28.3 Å². The molecule has 0 spiro atoms. The van der Waals surface area contributed by atoms with Gasteiger partial charge in [0.15, 0.2) is 0 Å². The lowest BCUT2D eigenvalue weighted by Gasteiger charge is -2.19. The second kappa shape index (κ2) is 5.68. The fourth-order valence-corrected chi connectivity index (χ4v) is 3.51. The third-order valence-electron chi connectivity index (χ3n) is 3.87. The minimum atomic E-state index is -3.79. The number of amides is 1. The molecule has 2 rings (SSSR count). The Morgan fingerprint density at radius 3 is 2.26 bits per heavy atom. The molecule has 126 valence electrons. The predicted octanol–water partition coefficient (Wildman–Crippen LogP) is 1.72. The normalized spacial score (nSPS) is 15.8. The number of rotatable bonds is 5. The van der Waals surface area contributed by atoms with Crippen LogP contribution in [0.1, 0.15) is 40.5 Å². The molecule has 1 amide bonds. The van der Waals surface area contributed by atoms with Crippen molar-refractivity contribution in [1.29, 1.82) is 0 Å². The van der Waals surface area contributed by atoms with Gasteiger partial charge in [-0.1, -0.05) is 11.6 Å². The van der Waals surface area contributed by atoms with Gasteiger partial charge in [0.2, 0.25) is 10.0 Å². The van der Waals surface area contributed by atoms with Gasteiger partial charge in [0, 0.05) is 19.8 Å². The van der Waals surface area contributed by atoms with E-state index < -0.39 is 26.6 Å². The highest BCUT2D eigenvalue weighted by Gasteiger charge is 2.51. The number of carboxylic acids is 1. The maximum atomic E-state index is 12.4. The molecule has 0 atom stereocenters. The summed E-state index contributed by atoms with van der Waals surface area (Å²) in [5.41, 5.74) is 0.0993. The molecule has 1 aromatic carbocycles. The molecule has 0 heterocycles. The Bertz CT molecular complexity index is 785. The Kier molecular flexibility index (Phi) is 4.34. The van der Waals surface area contributed by atoms with Crippen LogP contribution in [0, 0.1) is 0 Å². The van der Waals surface area contributed by atoms with E-state index in [1.807, 2.05) is 4.72 Å². The van der Waals surface area contributed by atoms with Crippen molar-refractivity contribution >= 4 is 39.2 Å². The molecule has 9 heteroatoms. The molecular weight excluding hydrogens is 344 g/mol. The second-order valence-corrected chi connectivity index (χ2v) is 8.54. The van der Waals surface area contributed by atoms with Crippen molar-refractivity contribution in [2.45, 2.75) is 24.5 Å². The number of carboxylic acid groups (broad SMARTS) is 1. The molecule has 0 aromatic heterocycles. The van der Waals surface area contributed by atoms with E-state index in [0.717, 1.165) is 0 Å². The number of nitrogens with one attached hydrogen (secondary N) is 1. The zero-order valence-corrected chi connectivity index (χ0v) is 14.5. The minimum absolute atomic E-state index is 0.00201. The van der Waals surface area contributed by atoms with Gasteiger partial charge in [0.1, 0.15) is 0 Å². The topological polar surface area (TPSA) is 104 Å². The number of anilines is 1. The van der Waals surface area contributed by atoms with E-state index in [0.29, 0.717) is 12.8 Å². The largest absolute Gasteiger partial charge is 0.478 e. The van der Waals surface area contributed by atoms with Gasteiger partial charge in [0.25, 0.3) is 5.91 Å². The van der Waals surface area contributed by atoms with Crippen LogP contribution in [0.2, 0.25) is 5.02 Å². The first-order valence-electron chi connectivity index (χ1n) is 6.79. The van der Waals surface area contributed by atoms with Crippen LogP contribution in [0.4, 0.5) is 5.69 Å². The van der Waals surface area contributed by atoms with Gasteiger partial charge in [-0.2, -0.15) is 0 Å². The Labute approximate surface area is 139 Å². The first-order valence-corrected chi connectivity index (χ1v) is 8.65. The lowest BCUT2D eigenvalue weighted by molar-refractivity contribution is 0.0696. The minimum Gasteiger partial charge on any atom is -0.478 e. The van der Waals surface area contributed by atoms with E-state index in [9.17, 15) is 18.0 Å². The molecule has 0 radical (unpaired) electrons. The SMILES string of the molecule is CN(C)c1cc(C(=O)O)c(Cl)cc1C(=O)NS(=O)(=O)C1(C)CC1. The lowest BCUT2D eigenvalue weighted by atomic mass is 10.1. The zero-order chi connectivity index (χ0) is 17.6. The zero-order valence-electron chi connectivity index (χ0n) is 12.9. The summed E-state index contributed by atoms with van der Waals surface area (Å²) in [6, 6.07) is 2.41. The molecule has 0 aliphatic heterocycles. The van der Waals surface area contributed by atoms with Crippen LogP contribution in [0.3, 0.4) is 0 Å². The van der Waals surface area contributed by atoms with Crippen LogP contribution < -0.4 is 9.62 Å². The van der Waals surface area contributed by atoms with Crippen molar-refractivity contribution < 1.29 is 23.1 Å². The van der Waals surface area contributed by atoms with E-state index in [1.165, 1.54) is 17.0 Å². The summed E-state index contributed by atoms with van der Waals surface area (Å²) in [6.45, 7) is 1.57. The molecule has 1 aliphatic rings. The fourth-order valence-electron chi connectivity index (χ4n) is 2.02. The predicted molar refractivity (Wildman–Crippen MR) is 86.8 cm³/mol. The molecule has 1 fully saturated rings. The van der Waals surface area contributed by atoms with E-state index in [2.05, 4.69) is 0 Å². The molecule has 2 N–H and O–H groups in total. The van der Waals surface area contributed by atoms with E-state index in [4.69, 9.17) is 16.7 Å². The smallest absolute Gasteiger partial charge is 0.337 e. The van der Waals surface area contributed by atoms with Gasteiger partial charge < -0.3 is 10.0 Å². The second-order valence-electron chi connectivity index (χ2n) is 5.93. The molecule has 0 saturated heterocycles. The summed E-state index contributed by atoms with van der Waals surface area (Å²) in [6.07, 6.45) is 0.990. The third-order valence-corrected chi connectivity index (χ3v) is 6.34. The molecule has 1 saturated carbocycles. The van der Waals surface area contributed by atoms with Gasteiger partial charge in [-0.25, -0.2) is 17.9 Å². The van der Waals surface area contributed by atoms with E-state index >= 15 is 0 Å². The van der Waals surface area contributed by atoms with Gasteiger partial charge in [0.05, 0.1) is 20.9 Å². The number of sulfonamides is 1. The number of aromatic carboxylic acids is 1. The number of nitrogens with zero attached hydrogens (tertiary/aromatic N) is 1. The summed E-state index contributed by atoms with van der Waals surface area (Å²) in [7, 11) is -0.566. The van der Waals surface area contributed by atoms with E-state index in [-0.39, 0.29) is 21.8 Å². The number of benzene rings is 1. The Hall–Kier alpha value is -1.80. The van der Waals surface area contributed by atoms with Crippen LogP contribution >= 0.6 is 11.6 Å². The summed E-state index contributed by atoms with van der Waals surface area (Å²) < 4.78 is 25.5. The fraction of sp³-hybridized carbons (Fsp3) is 0.429. The highest BCUT2D eigenvalue weighted by molar-refractivity contribution is 7.91. The quantitative estimate of drug-likeness (QED) is 0.828. The number of carbonyl (C=O) groups excluding carboxylic acids is 1. The number of hydrogen-bond acceptors (Lipinski definition) is 5. The highest BCUT2D eigenvalue weighted by atomic mass is 35.5. The summed E-state index contributed by atoms with van der Waals surface area (Å²) >= 11 is 5.89. The van der Waals surface area contributed by atoms with Gasteiger partial charge in [-0.15, -0.1) is 0 Å². The first kappa shape index (κ1) is 17.6. The highest BCUT2D eigenvalue weighted by Crippen LogP contribution is 2.42. The average Bonchev–Trinajstić information content (AvgIpc) is 3.17. The van der Waals surface area contributed by atoms with Crippen molar-refractivity contribution in [3.8, 4) is 0 Å². The number of hydrogen-bond donors (Lipinski definition) is 2. The van der Waals surface area contributed by atoms with Crippen molar-refractivity contribution in [2.24, 2.45) is 0 Å². The van der Waals surface area contributed by atoms with Gasteiger partial charge >= 0.3 is 5.97 Å². The molecule has 1 aliphatic carbocycles. The van der Waals surface area contributed by atoms with Crippen LogP contribution in [0.25, 0.3) is 0 Å². The maximum absolute atomic E-state index is 12.4. The summed E-state index contributed by atoms with van der Waals surface area (Å²) in [4.78, 5) is 25.0. The maximum Gasteiger partial charge on any atom is 0.337 e. The van der Waals surface area contributed by atoms with Gasteiger partial charge in [-0.05, 0) is 31.9 Å². The lowest BCUT2D eigenvalue weighted by Crippen LogP contribution is -2.38. The summed E-state index contributed by atoms with van der Waals surface area (Å²) in [5, 5.41) is 8.97. The standard InChI is InChI=1S/C14H17ClN2O5S/c1-14(4-5-14)23(21,22)16-12(18)9-6-10(15)8(13(19)20)7-11(9)17(2)3/h6-7H,4-5H2,1-3H3,(H,16,18)(H,19,20). The Balaban J connectivity index is 2.44. The first-order chi connectivity index (χ1) is 10.5. The van der Waals surface area contributed by atoms with Crippen molar-refractivity contribution in [3.63, 3.8) is 0 Å². The molecule has 0 bridgehead atoms. The van der Waals surface area contributed by atoms with Crippen LogP contribution in [0.5, 0.6) is 0 Å². The van der Waals surface area contributed by atoms with Crippen molar-refractivity contribution in [1.82, 2.24) is 4.72 Å². The molecule has 23 heavy (non-hydrogen) atoms. The van der Waals surface area contributed by atoms with Crippen LogP contribution in [-0.4, -0.2) is 44.2 Å². The molecule has 1 aromatic rings. The van der Waals surface area contributed by atoms with Crippen molar-refractivity contribution in [2.75, 3.05) is 19.0 Å². The van der Waals surface area contributed by atoms with Crippen LogP contribution in [0.15, 0.2) is 12.1 Å². The number of halogens is 1. The average molecular weight is 361 g/mol. The molecule has 7 nitrogen and oxygen atoms in total. The Morgan fingerprint density at radius 1 is 1.26 bits per heavy atom.